The van der Waals surface area contributed by atoms with Gasteiger partial charge in [0.05, 0.1) is 12.0 Å². The number of piperidine rings is 1. The molecule has 0 saturated carbocycles. The van der Waals surface area contributed by atoms with E-state index in [1.54, 1.807) is 24.3 Å². The summed E-state index contributed by atoms with van der Waals surface area (Å²) in [5.74, 6) is 1.70. The monoisotopic (exact) mass is 399 g/mol. The minimum Gasteiger partial charge on any atom is -0.497 e. The van der Waals surface area contributed by atoms with Gasteiger partial charge in [0.2, 0.25) is 21.7 Å². The number of sulfonamides is 1. The standard InChI is InChI=1S/C20H21N3O4S/c1-26-17-8-5-9-18(14-17)28(24,25)23-12-10-16(11-13-23)20-21-19(22-27-20)15-6-3-2-4-7-15/h2-9,14,16H,10-13H2,1H3. The highest BCUT2D eigenvalue weighted by atomic mass is 32.2. The van der Waals surface area contributed by atoms with E-state index >= 15 is 0 Å². The van der Waals surface area contributed by atoms with Crippen LogP contribution in [-0.4, -0.2) is 43.1 Å². The van der Waals surface area contributed by atoms with E-state index in [9.17, 15) is 8.42 Å². The SMILES string of the molecule is COc1cccc(S(=O)(=O)N2CCC(c3nc(-c4ccccc4)no3)CC2)c1. The van der Waals surface area contributed by atoms with Gasteiger partial charge in [0.1, 0.15) is 5.75 Å². The van der Waals surface area contributed by atoms with Crippen molar-refractivity contribution in [2.75, 3.05) is 20.2 Å². The molecule has 0 spiro atoms. The largest absolute Gasteiger partial charge is 0.497 e. The second kappa shape index (κ2) is 7.73. The number of nitrogens with zero attached hydrogens (tertiary/aromatic N) is 3. The first kappa shape index (κ1) is 18.6. The smallest absolute Gasteiger partial charge is 0.243 e. The molecule has 4 rings (SSSR count). The molecule has 3 aromatic rings. The highest BCUT2D eigenvalue weighted by Gasteiger charge is 2.32. The van der Waals surface area contributed by atoms with E-state index in [1.165, 1.54) is 11.4 Å². The van der Waals surface area contributed by atoms with E-state index in [0.717, 1.165) is 5.56 Å². The first-order valence-electron chi connectivity index (χ1n) is 9.11. The summed E-state index contributed by atoms with van der Waals surface area (Å²) in [6.45, 7) is 0.820. The topological polar surface area (TPSA) is 85.5 Å². The highest BCUT2D eigenvalue weighted by molar-refractivity contribution is 7.89. The Kier molecular flexibility index (Phi) is 5.15. The minimum absolute atomic E-state index is 0.0571. The fourth-order valence-electron chi connectivity index (χ4n) is 3.36. The molecular formula is C20H21N3O4S. The molecule has 0 aliphatic carbocycles. The molecule has 2 aromatic carbocycles. The van der Waals surface area contributed by atoms with Crippen molar-refractivity contribution < 1.29 is 17.7 Å². The van der Waals surface area contributed by atoms with Gasteiger partial charge < -0.3 is 9.26 Å². The van der Waals surface area contributed by atoms with Crippen molar-refractivity contribution in [3.05, 3.63) is 60.5 Å². The number of methoxy groups -OCH3 is 1. The van der Waals surface area contributed by atoms with E-state index in [2.05, 4.69) is 10.1 Å². The Labute approximate surface area is 164 Å². The maximum absolute atomic E-state index is 12.9. The molecule has 1 aliphatic rings. The third-order valence-electron chi connectivity index (χ3n) is 4.96. The second-order valence-corrected chi connectivity index (χ2v) is 8.62. The van der Waals surface area contributed by atoms with Crippen LogP contribution >= 0.6 is 0 Å². The van der Waals surface area contributed by atoms with Gasteiger partial charge in [-0.1, -0.05) is 41.6 Å². The fraction of sp³-hybridized carbons (Fsp3) is 0.300. The zero-order valence-corrected chi connectivity index (χ0v) is 16.3. The van der Waals surface area contributed by atoms with Gasteiger partial charge in [-0.05, 0) is 25.0 Å². The molecule has 0 bridgehead atoms. The summed E-state index contributed by atoms with van der Waals surface area (Å²) >= 11 is 0. The first-order valence-corrected chi connectivity index (χ1v) is 10.5. The lowest BCUT2D eigenvalue weighted by atomic mass is 9.98. The summed E-state index contributed by atoms with van der Waals surface area (Å²) in [5, 5.41) is 4.06. The predicted octanol–water partition coefficient (Wildman–Crippen LogP) is 3.31. The van der Waals surface area contributed by atoms with E-state index < -0.39 is 10.0 Å². The number of ether oxygens (including phenoxy) is 1. The Morgan fingerprint density at radius 2 is 1.82 bits per heavy atom. The van der Waals surface area contributed by atoms with Crippen LogP contribution in [0.3, 0.4) is 0 Å². The molecular weight excluding hydrogens is 378 g/mol. The van der Waals surface area contributed by atoms with Crippen molar-refractivity contribution in [1.29, 1.82) is 0 Å². The maximum atomic E-state index is 12.9. The molecule has 28 heavy (non-hydrogen) atoms. The number of hydrogen-bond acceptors (Lipinski definition) is 6. The molecule has 7 nitrogen and oxygen atoms in total. The van der Waals surface area contributed by atoms with Gasteiger partial charge in [0.15, 0.2) is 0 Å². The Morgan fingerprint density at radius 3 is 2.54 bits per heavy atom. The van der Waals surface area contributed by atoms with E-state index in [-0.39, 0.29) is 10.8 Å². The third kappa shape index (κ3) is 3.65. The van der Waals surface area contributed by atoms with Gasteiger partial charge >= 0.3 is 0 Å². The Bertz CT molecular complexity index is 1040. The van der Waals surface area contributed by atoms with Crippen molar-refractivity contribution in [3.8, 4) is 17.1 Å². The van der Waals surface area contributed by atoms with Gasteiger partial charge in [0.25, 0.3) is 0 Å². The molecule has 1 aromatic heterocycles. The fourth-order valence-corrected chi connectivity index (χ4v) is 4.86. The summed E-state index contributed by atoms with van der Waals surface area (Å²) in [6.07, 6.45) is 1.28. The van der Waals surface area contributed by atoms with Crippen LogP contribution in [0.25, 0.3) is 11.4 Å². The van der Waals surface area contributed by atoms with Gasteiger partial charge in [0, 0.05) is 30.6 Å². The van der Waals surface area contributed by atoms with Crippen molar-refractivity contribution in [2.45, 2.75) is 23.7 Å². The predicted molar refractivity (Wildman–Crippen MR) is 103 cm³/mol. The van der Waals surface area contributed by atoms with Crippen LogP contribution < -0.4 is 4.74 Å². The summed E-state index contributed by atoms with van der Waals surface area (Å²) in [4.78, 5) is 4.75. The van der Waals surface area contributed by atoms with Crippen LogP contribution in [0.4, 0.5) is 0 Å². The van der Waals surface area contributed by atoms with Crippen LogP contribution in [0.1, 0.15) is 24.7 Å². The lowest BCUT2D eigenvalue weighted by Gasteiger charge is -2.29. The quantitative estimate of drug-likeness (QED) is 0.654. The normalized spacial score (nSPS) is 16.2. The van der Waals surface area contributed by atoms with Crippen LogP contribution in [0.15, 0.2) is 64.0 Å². The van der Waals surface area contributed by atoms with Crippen molar-refractivity contribution in [3.63, 3.8) is 0 Å². The van der Waals surface area contributed by atoms with Gasteiger partial charge in [-0.2, -0.15) is 9.29 Å². The number of aromatic nitrogens is 2. The Balaban J connectivity index is 1.45. The van der Waals surface area contributed by atoms with E-state index in [4.69, 9.17) is 9.26 Å². The summed E-state index contributed by atoms with van der Waals surface area (Å²) < 4.78 is 37.9. The minimum atomic E-state index is -3.55. The Morgan fingerprint density at radius 1 is 1.07 bits per heavy atom. The molecule has 0 amide bonds. The first-order chi connectivity index (χ1) is 13.6. The number of rotatable bonds is 5. The highest BCUT2D eigenvalue weighted by Crippen LogP contribution is 2.31. The molecule has 1 fully saturated rings. The molecule has 0 N–H and O–H groups in total. The molecule has 0 atom stereocenters. The summed E-state index contributed by atoms with van der Waals surface area (Å²) in [6, 6.07) is 16.2. The van der Waals surface area contributed by atoms with Crippen LogP contribution in [0.2, 0.25) is 0 Å². The molecule has 2 heterocycles. The van der Waals surface area contributed by atoms with E-state index in [1.807, 2.05) is 30.3 Å². The van der Waals surface area contributed by atoms with Gasteiger partial charge in [-0.15, -0.1) is 0 Å². The molecule has 8 heteroatoms. The molecule has 146 valence electrons. The second-order valence-electron chi connectivity index (χ2n) is 6.68. The van der Waals surface area contributed by atoms with Crippen LogP contribution in [0, 0.1) is 0 Å². The number of benzene rings is 2. The molecule has 1 saturated heterocycles. The maximum Gasteiger partial charge on any atom is 0.243 e. The van der Waals surface area contributed by atoms with Crippen molar-refractivity contribution >= 4 is 10.0 Å². The van der Waals surface area contributed by atoms with E-state index in [0.29, 0.717) is 43.4 Å². The molecule has 0 unspecified atom stereocenters. The Hall–Kier alpha value is -2.71. The average Bonchev–Trinajstić information content (AvgIpc) is 3.25. The van der Waals surface area contributed by atoms with Gasteiger partial charge in [-0.25, -0.2) is 8.42 Å². The average molecular weight is 399 g/mol. The van der Waals surface area contributed by atoms with Crippen LogP contribution in [-0.2, 0) is 10.0 Å². The molecule has 1 aliphatic heterocycles. The summed E-state index contributed by atoms with van der Waals surface area (Å²) in [5.41, 5.74) is 0.899. The zero-order valence-electron chi connectivity index (χ0n) is 15.5. The molecule has 0 radical (unpaired) electrons. The van der Waals surface area contributed by atoms with Gasteiger partial charge in [-0.3, -0.25) is 0 Å². The lowest BCUT2D eigenvalue weighted by Crippen LogP contribution is -2.37. The van der Waals surface area contributed by atoms with Crippen molar-refractivity contribution in [2.24, 2.45) is 0 Å². The number of hydrogen-bond donors (Lipinski definition) is 0. The third-order valence-corrected chi connectivity index (χ3v) is 6.85. The zero-order chi connectivity index (χ0) is 19.6. The van der Waals surface area contributed by atoms with Crippen LogP contribution in [0.5, 0.6) is 5.75 Å². The lowest BCUT2D eigenvalue weighted by molar-refractivity contribution is 0.270. The summed E-state index contributed by atoms with van der Waals surface area (Å²) in [7, 11) is -2.03. The van der Waals surface area contributed by atoms with Crippen molar-refractivity contribution in [1.82, 2.24) is 14.4 Å².